The standard InChI is InChI=1S/C19H12Cl4O5S/c20-11-4-1-3-10(7-11)19(29(26,27)28,13-5-2-6-15(21)17(13)22)14-8-12(24)9-16(25)18(14)23/h1-9,24-25H,(H,26,27,28). The molecule has 0 saturated heterocycles. The van der Waals surface area contributed by atoms with Gasteiger partial charge < -0.3 is 10.2 Å². The third-order valence-corrected chi connectivity index (χ3v) is 7.27. The van der Waals surface area contributed by atoms with Gasteiger partial charge in [-0.1, -0.05) is 70.7 Å². The summed E-state index contributed by atoms with van der Waals surface area (Å²) in [6.45, 7) is 0. The fourth-order valence-corrected chi connectivity index (χ4v) is 5.52. The highest BCUT2D eigenvalue weighted by Crippen LogP contribution is 2.52. The molecule has 0 aliphatic rings. The van der Waals surface area contributed by atoms with E-state index < -0.39 is 31.4 Å². The second-order valence-corrected chi connectivity index (χ2v) is 9.26. The first kappa shape index (κ1) is 22.0. The molecule has 3 rings (SSSR count). The maximum absolute atomic E-state index is 13.0. The molecule has 0 bridgehead atoms. The van der Waals surface area contributed by atoms with Gasteiger partial charge in [0.05, 0.1) is 15.1 Å². The number of aromatic hydroxyl groups is 2. The fraction of sp³-hybridized carbons (Fsp3) is 0.0526. The van der Waals surface area contributed by atoms with Crippen molar-refractivity contribution in [3.8, 4) is 11.5 Å². The lowest BCUT2D eigenvalue weighted by Crippen LogP contribution is -2.39. The van der Waals surface area contributed by atoms with Crippen LogP contribution in [0.15, 0.2) is 54.6 Å². The quantitative estimate of drug-likeness (QED) is 0.311. The molecule has 3 aromatic carbocycles. The number of hydrogen-bond donors (Lipinski definition) is 3. The Kier molecular flexibility index (Phi) is 5.98. The summed E-state index contributed by atoms with van der Waals surface area (Å²) in [7, 11) is -5.11. The van der Waals surface area contributed by atoms with Gasteiger partial charge in [-0.15, -0.1) is 0 Å². The number of benzene rings is 3. The van der Waals surface area contributed by atoms with E-state index in [1.807, 2.05) is 0 Å². The second kappa shape index (κ2) is 7.87. The molecule has 1 unspecified atom stereocenters. The molecular weight excluding hydrogens is 482 g/mol. The van der Waals surface area contributed by atoms with Gasteiger partial charge in [0.1, 0.15) is 11.5 Å². The predicted octanol–water partition coefficient (Wildman–Crippen LogP) is 5.89. The first-order valence-electron chi connectivity index (χ1n) is 7.89. The molecule has 152 valence electrons. The van der Waals surface area contributed by atoms with Crippen LogP contribution in [0, 0.1) is 0 Å². The lowest BCUT2D eigenvalue weighted by Gasteiger charge is -2.34. The highest BCUT2D eigenvalue weighted by Gasteiger charge is 2.51. The number of phenolic OH excluding ortho intramolecular Hbond substituents is 2. The molecule has 1 atom stereocenters. The minimum atomic E-state index is -5.11. The maximum Gasteiger partial charge on any atom is 0.283 e. The molecule has 0 spiro atoms. The molecule has 0 amide bonds. The predicted molar refractivity (Wildman–Crippen MR) is 114 cm³/mol. The molecule has 10 heteroatoms. The minimum absolute atomic E-state index is 0.0136. The molecule has 0 radical (unpaired) electrons. The molecule has 0 aliphatic heterocycles. The Hall–Kier alpha value is -1.67. The van der Waals surface area contributed by atoms with E-state index in [1.165, 1.54) is 42.5 Å². The highest BCUT2D eigenvalue weighted by molar-refractivity contribution is 7.87. The van der Waals surface area contributed by atoms with E-state index in [4.69, 9.17) is 46.4 Å². The Morgan fingerprint density at radius 1 is 0.793 bits per heavy atom. The number of hydrogen-bond acceptors (Lipinski definition) is 4. The zero-order valence-electron chi connectivity index (χ0n) is 14.3. The van der Waals surface area contributed by atoms with Gasteiger partial charge in [-0.3, -0.25) is 4.55 Å². The van der Waals surface area contributed by atoms with Crippen LogP contribution in [0.2, 0.25) is 20.1 Å². The zero-order chi connectivity index (χ0) is 21.6. The van der Waals surface area contributed by atoms with E-state index in [-0.39, 0.29) is 31.8 Å². The Morgan fingerprint density at radius 2 is 1.45 bits per heavy atom. The summed E-state index contributed by atoms with van der Waals surface area (Å²) in [5.41, 5.74) is -0.530. The van der Waals surface area contributed by atoms with Crippen LogP contribution in [0.25, 0.3) is 0 Å². The monoisotopic (exact) mass is 492 g/mol. The average Bonchev–Trinajstić information content (AvgIpc) is 2.62. The van der Waals surface area contributed by atoms with Gasteiger partial charge in [-0.2, -0.15) is 8.42 Å². The molecule has 29 heavy (non-hydrogen) atoms. The molecule has 0 aliphatic carbocycles. The smallest absolute Gasteiger partial charge is 0.283 e. The first-order chi connectivity index (χ1) is 13.5. The van der Waals surface area contributed by atoms with Crippen molar-refractivity contribution < 1.29 is 23.2 Å². The largest absolute Gasteiger partial charge is 0.508 e. The molecule has 3 N–H and O–H groups in total. The minimum Gasteiger partial charge on any atom is -0.508 e. The SMILES string of the molecule is O=S(=O)(O)C(c1cccc(Cl)c1)(c1cc(O)cc(O)c1Cl)c1cccc(Cl)c1Cl. The Morgan fingerprint density at radius 3 is 2.07 bits per heavy atom. The average molecular weight is 494 g/mol. The summed E-state index contributed by atoms with van der Waals surface area (Å²) in [4.78, 5) is 0. The highest BCUT2D eigenvalue weighted by atomic mass is 35.5. The van der Waals surface area contributed by atoms with Crippen molar-refractivity contribution in [2.75, 3.05) is 0 Å². The second-order valence-electron chi connectivity index (χ2n) is 6.09. The lowest BCUT2D eigenvalue weighted by atomic mass is 9.83. The summed E-state index contributed by atoms with van der Waals surface area (Å²) in [5.74, 6) is -1.09. The van der Waals surface area contributed by atoms with Crippen LogP contribution in [-0.2, 0) is 14.9 Å². The van der Waals surface area contributed by atoms with E-state index in [9.17, 15) is 23.2 Å². The lowest BCUT2D eigenvalue weighted by molar-refractivity contribution is 0.444. The molecule has 3 aromatic rings. The van der Waals surface area contributed by atoms with Crippen LogP contribution >= 0.6 is 46.4 Å². The van der Waals surface area contributed by atoms with Crippen LogP contribution < -0.4 is 0 Å². The molecular formula is C19H12Cl4O5S. The maximum atomic E-state index is 13.0. The first-order valence-corrected chi connectivity index (χ1v) is 10.8. The van der Waals surface area contributed by atoms with Gasteiger partial charge in [-0.05, 0) is 29.8 Å². The zero-order valence-corrected chi connectivity index (χ0v) is 18.1. The summed E-state index contributed by atoms with van der Waals surface area (Å²) in [6.07, 6.45) is 0. The number of rotatable bonds is 4. The molecule has 0 heterocycles. The van der Waals surface area contributed by atoms with Crippen molar-refractivity contribution in [3.05, 3.63) is 91.4 Å². The van der Waals surface area contributed by atoms with Crippen LogP contribution in [0.4, 0.5) is 0 Å². The van der Waals surface area contributed by atoms with E-state index >= 15 is 0 Å². The van der Waals surface area contributed by atoms with E-state index in [0.717, 1.165) is 12.1 Å². The Bertz CT molecular complexity index is 1210. The Balaban J connectivity index is 2.65. The molecule has 0 aromatic heterocycles. The van der Waals surface area contributed by atoms with E-state index in [1.54, 1.807) is 0 Å². The van der Waals surface area contributed by atoms with Gasteiger partial charge in [0.2, 0.25) is 0 Å². The molecule has 0 fully saturated rings. The van der Waals surface area contributed by atoms with Crippen molar-refractivity contribution >= 4 is 56.5 Å². The van der Waals surface area contributed by atoms with Crippen molar-refractivity contribution in [2.24, 2.45) is 0 Å². The van der Waals surface area contributed by atoms with E-state index in [0.29, 0.717) is 0 Å². The summed E-state index contributed by atoms with van der Waals surface area (Å²) in [6, 6.07) is 11.8. The van der Waals surface area contributed by atoms with Crippen molar-refractivity contribution in [1.29, 1.82) is 0 Å². The van der Waals surface area contributed by atoms with Crippen LogP contribution in [-0.4, -0.2) is 23.2 Å². The summed E-state index contributed by atoms with van der Waals surface area (Å²) >= 11 is 24.8. The third-order valence-electron chi connectivity index (χ3n) is 4.37. The van der Waals surface area contributed by atoms with Crippen LogP contribution in [0.5, 0.6) is 11.5 Å². The van der Waals surface area contributed by atoms with Crippen molar-refractivity contribution in [2.45, 2.75) is 4.75 Å². The van der Waals surface area contributed by atoms with E-state index in [2.05, 4.69) is 0 Å². The van der Waals surface area contributed by atoms with Crippen LogP contribution in [0.1, 0.15) is 16.7 Å². The normalized spacial score (nSPS) is 13.8. The Labute approximate surface area is 186 Å². The fourth-order valence-electron chi connectivity index (χ4n) is 3.22. The van der Waals surface area contributed by atoms with Crippen LogP contribution in [0.3, 0.4) is 0 Å². The summed E-state index contributed by atoms with van der Waals surface area (Å²) in [5, 5.41) is 19.7. The summed E-state index contributed by atoms with van der Waals surface area (Å²) < 4.78 is 34.0. The topological polar surface area (TPSA) is 94.8 Å². The van der Waals surface area contributed by atoms with Gasteiger partial charge >= 0.3 is 0 Å². The van der Waals surface area contributed by atoms with Gasteiger partial charge in [0.25, 0.3) is 10.1 Å². The number of halogens is 4. The van der Waals surface area contributed by atoms with Crippen molar-refractivity contribution in [3.63, 3.8) is 0 Å². The van der Waals surface area contributed by atoms with Gasteiger partial charge in [0, 0.05) is 22.2 Å². The van der Waals surface area contributed by atoms with Crippen molar-refractivity contribution in [1.82, 2.24) is 0 Å². The molecule has 5 nitrogen and oxygen atoms in total. The van der Waals surface area contributed by atoms with Gasteiger partial charge in [0.15, 0.2) is 4.75 Å². The van der Waals surface area contributed by atoms with Gasteiger partial charge in [-0.25, -0.2) is 0 Å². The number of phenols is 2. The third kappa shape index (κ3) is 3.65. The molecule has 0 saturated carbocycles.